The maximum absolute atomic E-state index is 12.3. The summed E-state index contributed by atoms with van der Waals surface area (Å²) in [7, 11) is 0. The van der Waals surface area contributed by atoms with Gasteiger partial charge in [-0.3, -0.25) is 14.9 Å². The van der Waals surface area contributed by atoms with Gasteiger partial charge in [0.1, 0.15) is 0 Å². The molecule has 0 aliphatic carbocycles. The molecule has 0 radical (unpaired) electrons. The lowest BCUT2D eigenvalue weighted by molar-refractivity contribution is -0.384. The fraction of sp³-hybridized carbons (Fsp3) is 0.533. The predicted molar refractivity (Wildman–Crippen MR) is 83.7 cm³/mol. The van der Waals surface area contributed by atoms with Crippen molar-refractivity contribution in [3.05, 3.63) is 38.9 Å². The largest absolute Gasteiger partial charge is 0.347 e. The van der Waals surface area contributed by atoms with Crippen molar-refractivity contribution < 1.29 is 9.72 Å². The second-order valence-corrected chi connectivity index (χ2v) is 7.40. The van der Waals surface area contributed by atoms with Crippen LogP contribution in [-0.4, -0.2) is 16.4 Å². The molecule has 21 heavy (non-hydrogen) atoms. The van der Waals surface area contributed by atoms with Crippen LogP contribution in [0.2, 0.25) is 5.02 Å². The molecule has 0 spiro atoms. The first-order chi connectivity index (χ1) is 9.41. The second kappa shape index (κ2) is 6.02. The summed E-state index contributed by atoms with van der Waals surface area (Å²) in [6, 6.07) is 3.84. The summed E-state index contributed by atoms with van der Waals surface area (Å²) in [5.41, 5.74) is -0.231. The average Bonchev–Trinajstić information content (AvgIpc) is 2.23. The Balaban J connectivity index is 2.92. The average molecular weight is 313 g/mol. The van der Waals surface area contributed by atoms with Gasteiger partial charge in [0.15, 0.2) is 0 Å². The van der Waals surface area contributed by atoms with Crippen LogP contribution in [-0.2, 0) is 0 Å². The smallest absolute Gasteiger partial charge is 0.270 e. The van der Waals surface area contributed by atoms with E-state index in [1.807, 2.05) is 13.8 Å². The van der Waals surface area contributed by atoms with Gasteiger partial charge in [0.05, 0.1) is 15.5 Å². The van der Waals surface area contributed by atoms with E-state index in [1.54, 1.807) is 0 Å². The van der Waals surface area contributed by atoms with Gasteiger partial charge in [-0.1, -0.05) is 32.4 Å². The number of rotatable bonds is 4. The molecule has 1 aromatic rings. The third-order valence-electron chi connectivity index (χ3n) is 2.83. The van der Waals surface area contributed by atoms with E-state index in [-0.39, 0.29) is 27.6 Å². The Bertz CT molecular complexity index is 563. The number of carbonyl (C=O) groups is 1. The number of halogens is 1. The van der Waals surface area contributed by atoms with Gasteiger partial charge in [-0.2, -0.15) is 0 Å². The standard InChI is InChI=1S/C15H21ClN2O3/c1-14(2,3)9-15(4,5)17-13(19)11-7-6-10(18(20)21)8-12(11)16/h6-8H,9H2,1-5H3,(H,17,19). The van der Waals surface area contributed by atoms with Gasteiger partial charge in [0.25, 0.3) is 11.6 Å². The van der Waals surface area contributed by atoms with E-state index in [0.717, 1.165) is 6.42 Å². The highest BCUT2D eigenvalue weighted by atomic mass is 35.5. The zero-order chi connectivity index (χ0) is 16.4. The summed E-state index contributed by atoms with van der Waals surface area (Å²) >= 11 is 5.97. The third-order valence-corrected chi connectivity index (χ3v) is 3.15. The van der Waals surface area contributed by atoms with Crippen LogP contribution in [0.25, 0.3) is 0 Å². The fourth-order valence-electron chi connectivity index (χ4n) is 2.55. The number of hydrogen-bond acceptors (Lipinski definition) is 3. The summed E-state index contributed by atoms with van der Waals surface area (Å²) in [4.78, 5) is 22.4. The maximum Gasteiger partial charge on any atom is 0.270 e. The zero-order valence-electron chi connectivity index (χ0n) is 13.0. The molecular formula is C15H21ClN2O3. The van der Waals surface area contributed by atoms with Crippen LogP contribution >= 0.6 is 11.6 Å². The van der Waals surface area contributed by atoms with Gasteiger partial charge in [-0.25, -0.2) is 0 Å². The van der Waals surface area contributed by atoms with Crippen LogP contribution in [0.15, 0.2) is 18.2 Å². The molecular weight excluding hydrogens is 292 g/mol. The molecule has 1 rings (SSSR count). The number of nitro groups is 1. The van der Waals surface area contributed by atoms with Crippen LogP contribution in [0, 0.1) is 15.5 Å². The highest BCUT2D eigenvalue weighted by Crippen LogP contribution is 2.28. The molecule has 1 N–H and O–H groups in total. The lowest BCUT2D eigenvalue weighted by Gasteiger charge is -2.33. The summed E-state index contributed by atoms with van der Waals surface area (Å²) in [6.45, 7) is 10.2. The summed E-state index contributed by atoms with van der Waals surface area (Å²) < 4.78 is 0. The number of amides is 1. The fourth-order valence-corrected chi connectivity index (χ4v) is 2.81. The minimum atomic E-state index is -0.545. The lowest BCUT2D eigenvalue weighted by Crippen LogP contribution is -2.45. The van der Waals surface area contributed by atoms with Crippen molar-refractivity contribution in [1.82, 2.24) is 5.32 Å². The first-order valence-electron chi connectivity index (χ1n) is 6.68. The minimum absolute atomic E-state index is 0.0655. The lowest BCUT2D eigenvalue weighted by atomic mass is 9.81. The van der Waals surface area contributed by atoms with Crippen LogP contribution in [0.5, 0.6) is 0 Å². The molecule has 0 bridgehead atoms. The van der Waals surface area contributed by atoms with E-state index < -0.39 is 10.5 Å². The van der Waals surface area contributed by atoms with Crippen molar-refractivity contribution in [2.45, 2.75) is 46.6 Å². The molecule has 0 aromatic heterocycles. The normalized spacial score (nSPS) is 12.1. The minimum Gasteiger partial charge on any atom is -0.347 e. The van der Waals surface area contributed by atoms with Gasteiger partial charge in [0.2, 0.25) is 0 Å². The van der Waals surface area contributed by atoms with Crippen molar-refractivity contribution >= 4 is 23.2 Å². The van der Waals surface area contributed by atoms with E-state index in [0.29, 0.717) is 0 Å². The van der Waals surface area contributed by atoms with E-state index in [1.165, 1.54) is 18.2 Å². The number of nitrogens with zero attached hydrogens (tertiary/aromatic N) is 1. The van der Waals surface area contributed by atoms with Crippen molar-refractivity contribution in [3.63, 3.8) is 0 Å². The van der Waals surface area contributed by atoms with Gasteiger partial charge >= 0.3 is 0 Å². The SMILES string of the molecule is CC(C)(C)CC(C)(C)NC(=O)c1ccc([N+](=O)[O-])cc1Cl. The molecule has 116 valence electrons. The highest BCUT2D eigenvalue weighted by molar-refractivity contribution is 6.34. The molecule has 1 amide bonds. The number of nitro benzene ring substituents is 1. The summed E-state index contributed by atoms with van der Waals surface area (Å²) in [5, 5.41) is 13.7. The Morgan fingerprint density at radius 2 is 1.86 bits per heavy atom. The Kier molecular flexibility index (Phi) is 4.99. The van der Waals surface area contributed by atoms with Crippen LogP contribution in [0.4, 0.5) is 5.69 Å². The molecule has 6 heteroatoms. The molecule has 0 fully saturated rings. The summed E-state index contributed by atoms with van der Waals surface area (Å²) in [6.07, 6.45) is 0.788. The van der Waals surface area contributed by atoms with Crippen LogP contribution < -0.4 is 5.32 Å². The molecule has 5 nitrogen and oxygen atoms in total. The number of non-ortho nitro benzene ring substituents is 1. The van der Waals surface area contributed by atoms with Crippen molar-refractivity contribution in [2.24, 2.45) is 5.41 Å². The first-order valence-corrected chi connectivity index (χ1v) is 7.05. The third kappa shape index (κ3) is 5.34. The molecule has 0 atom stereocenters. The monoisotopic (exact) mass is 312 g/mol. The van der Waals surface area contributed by atoms with Crippen molar-refractivity contribution in [1.29, 1.82) is 0 Å². The van der Waals surface area contributed by atoms with Gasteiger partial charge in [-0.15, -0.1) is 0 Å². The summed E-state index contributed by atoms with van der Waals surface area (Å²) in [5.74, 6) is -0.329. The first kappa shape index (κ1) is 17.4. The highest BCUT2D eigenvalue weighted by Gasteiger charge is 2.28. The molecule has 0 saturated carbocycles. The Morgan fingerprint density at radius 1 is 1.29 bits per heavy atom. The Labute approximate surface area is 129 Å². The quantitative estimate of drug-likeness (QED) is 0.669. The number of hydrogen-bond donors (Lipinski definition) is 1. The topological polar surface area (TPSA) is 72.2 Å². The van der Waals surface area contributed by atoms with E-state index in [4.69, 9.17) is 11.6 Å². The van der Waals surface area contributed by atoms with Gasteiger partial charge in [0, 0.05) is 17.7 Å². The molecule has 0 heterocycles. The number of carbonyl (C=O) groups excluding carboxylic acids is 1. The van der Waals surface area contributed by atoms with Crippen molar-refractivity contribution in [3.8, 4) is 0 Å². The Hall–Kier alpha value is -1.62. The predicted octanol–water partition coefficient (Wildman–Crippen LogP) is 4.19. The Morgan fingerprint density at radius 3 is 2.29 bits per heavy atom. The van der Waals surface area contributed by atoms with Gasteiger partial charge in [-0.05, 0) is 31.7 Å². The maximum atomic E-state index is 12.3. The molecule has 1 aromatic carbocycles. The van der Waals surface area contributed by atoms with E-state index in [2.05, 4.69) is 26.1 Å². The molecule has 0 saturated heterocycles. The number of benzene rings is 1. The zero-order valence-corrected chi connectivity index (χ0v) is 13.7. The molecule has 0 unspecified atom stereocenters. The molecule has 0 aliphatic rings. The number of nitrogens with one attached hydrogen (secondary N) is 1. The molecule has 0 aliphatic heterocycles. The van der Waals surface area contributed by atoms with E-state index >= 15 is 0 Å². The van der Waals surface area contributed by atoms with E-state index in [9.17, 15) is 14.9 Å². The van der Waals surface area contributed by atoms with Crippen LogP contribution in [0.3, 0.4) is 0 Å². The van der Waals surface area contributed by atoms with Crippen LogP contribution in [0.1, 0.15) is 51.4 Å². The van der Waals surface area contributed by atoms with Crippen molar-refractivity contribution in [2.75, 3.05) is 0 Å². The van der Waals surface area contributed by atoms with Gasteiger partial charge < -0.3 is 5.32 Å². The second-order valence-electron chi connectivity index (χ2n) is 7.00.